The van der Waals surface area contributed by atoms with Crippen LogP contribution >= 0.6 is 24.0 Å². The van der Waals surface area contributed by atoms with Crippen LogP contribution in [-0.4, -0.2) is 40.5 Å². The summed E-state index contributed by atoms with van der Waals surface area (Å²) in [5, 5.41) is 14.7. The van der Waals surface area contributed by atoms with Crippen molar-refractivity contribution >= 4 is 29.9 Å². The molecule has 0 aliphatic heterocycles. The number of nitrogens with one attached hydrogen (secondary N) is 2. The van der Waals surface area contributed by atoms with Crippen LogP contribution in [0.25, 0.3) is 0 Å². The Labute approximate surface area is 176 Å². The van der Waals surface area contributed by atoms with Crippen molar-refractivity contribution in [2.24, 2.45) is 12.0 Å². The quantitative estimate of drug-likeness (QED) is 0.245. The molecular weight excluding hydrogens is 462 g/mol. The highest BCUT2D eigenvalue weighted by Crippen LogP contribution is 2.04. The lowest BCUT2D eigenvalue weighted by Crippen LogP contribution is -2.38. The van der Waals surface area contributed by atoms with E-state index in [2.05, 4.69) is 25.8 Å². The van der Waals surface area contributed by atoms with Crippen molar-refractivity contribution in [2.75, 3.05) is 19.8 Å². The van der Waals surface area contributed by atoms with Gasteiger partial charge >= 0.3 is 0 Å². The summed E-state index contributed by atoms with van der Waals surface area (Å²) >= 11 is 0. The maximum absolute atomic E-state index is 13.0. The fraction of sp³-hybridized carbons (Fsp3) is 0.500. The fourth-order valence-corrected chi connectivity index (χ4v) is 2.23. The van der Waals surface area contributed by atoms with E-state index in [0.29, 0.717) is 25.7 Å². The molecule has 0 saturated heterocycles. The fourth-order valence-electron chi connectivity index (χ4n) is 2.23. The lowest BCUT2D eigenvalue weighted by Gasteiger charge is -2.12. The third-order valence-corrected chi connectivity index (χ3v) is 3.89. The molecule has 0 amide bonds. The molecule has 0 spiro atoms. The molecule has 1 aromatic carbocycles. The lowest BCUT2D eigenvalue weighted by molar-refractivity contribution is 0.145. The van der Waals surface area contributed by atoms with Crippen molar-refractivity contribution in [2.45, 2.75) is 33.4 Å². The Kier molecular flexibility index (Phi) is 10.9. The number of aryl methyl sites for hydroxylation is 1. The topological polar surface area (TPSA) is 76.4 Å². The first kappa shape index (κ1) is 23.3. The maximum Gasteiger partial charge on any atom is 0.191 e. The Morgan fingerprint density at radius 1 is 1.22 bits per heavy atom. The second-order valence-corrected chi connectivity index (χ2v) is 5.84. The highest BCUT2D eigenvalue weighted by molar-refractivity contribution is 14.0. The van der Waals surface area contributed by atoms with Crippen molar-refractivity contribution in [1.29, 1.82) is 0 Å². The molecule has 0 radical (unpaired) electrons. The van der Waals surface area contributed by atoms with Crippen LogP contribution < -0.4 is 10.6 Å². The van der Waals surface area contributed by atoms with Crippen molar-refractivity contribution in [3.8, 4) is 0 Å². The van der Waals surface area contributed by atoms with Crippen LogP contribution in [0, 0.1) is 12.7 Å². The van der Waals surface area contributed by atoms with Gasteiger partial charge in [0.1, 0.15) is 11.6 Å². The largest absolute Gasteiger partial charge is 0.382 e. The first-order valence-corrected chi connectivity index (χ1v) is 8.79. The molecule has 9 heteroatoms. The predicted octanol–water partition coefficient (Wildman–Crippen LogP) is 2.54. The number of guanidine groups is 1. The molecule has 0 saturated carbocycles. The maximum atomic E-state index is 13.0. The number of nitrogens with zero attached hydrogens (tertiary/aromatic N) is 4. The Balaban J connectivity index is 0.00000364. The standard InChI is InChI=1S/C18H27FN6O.HI/c1-4-26-11-5-10-20-18(21-12-15-6-8-16(19)9-7-15)22-13-17-24-23-14(2)25(17)3;/h6-9H,4-5,10-13H2,1-3H3,(H2,20,21,22);1H. The summed E-state index contributed by atoms with van der Waals surface area (Å²) in [6.07, 6.45) is 0.883. The number of benzene rings is 1. The van der Waals surface area contributed by atoms with E-state index in [0.717, 1.165) is 36.8 Å². The van der Waals surface area contributed by atoms with E-state index in [-0.39, 0.29) is 29.8 Å². The molecule has 1 heterocycles. The highest BCUT2D eigenvalue weighted by Gasteiger charge is 2.06. The van der Waals surface area contributed by atoms with Crippen molar-refractivity contribution in [3.63, 3.8) is 0 Å². The van der Waals surface area contributed by atoms with Gasteiger partial charge in [-0.3, -0.25) is 0 Å². The van der Waals surface area contributed by atoms with Crippen molar-refractivity contribution < 1.29 is 9.13 Å². The second-order valence-electron chi connectivity index (χ2n) is 5.84. The zero-order chi connectivity index (χ0) is 18.8. The van der Waals surface area contributed by atoms with E-state index in [1.165, 1.54) is 12.1 Å². The van der Waals surface area contributed by atoms with E-state index in [4.69, 9.17) is 4.74 Å². The highest BCUT2D eigenvalue weighted by atomic mass is 127. The Morgan fingerprint density at radius 2 is 1.96 bits per heavy atom. The van der Waals surface area contributed by atoms with Gasteiger partial charge in [0.05, 0.1) is 13.1 Å². The van der Waals surface area contributed by atoms with E-state index in [1.54, 1.807) is 12.1 Å². The summed E-state index contributed by atoms with van der Waals surface area (Å²) in [7, 11) is 1.93. The van der Waals surface area contributed by atoms with E-state index in [9.17, 15) is 4.39 Å². The van der Waals surface area contributed by atoms with Crippen LogP contribution in [0.2, 0.25) is 0 Å². The Morgan fingerprint density at radius 3 is 2.59 bits per heavy atom. The number of aromatic nitrogens is 3. The molecule has 2 rings (SSSR count). The van der Waals surface area contributed by atoms with E-state index >= 15 is 0 Å². The summed E-state index contributed by atoms with van der Waals surface area (Å²) in [5.74, 6) is 2.11. The zero-order valence-corrected chi connectivity index (χ0v) is 18.4. The molecule has 0 fully saturated rings. The predicted molar refractivity (Wildman–Crippen MR) is 115 cm³/mol. The lowest BCUT2D eigenvalue weighted by atomic mass is 10.2. The second kappa shape index (κ2) is 12.6. The molecule has 0 unspecified atom stereocenters. The molecule has 2 aromatic rings. The monoisotopic (exact) mass is 490 g/mol. The van der Waals surface area contributed by atoms with Gasteiger partial charge in [0.25, 0.3) is 0 Å². The molecule has 7 nitrogen and oxygen atoms in total. The zero-order valence-electron chi connectivity index (χ0n) is 16.0. The van der Waals surface area contributed by atoms with Gasteiger partial charge in [-0.05, 0) is 38.0 Å². The molecule has 2 N–H and O–H groups in total. The van der Waals surface area contributed by atoms with Crippen LogP contribution in [0.15, 0.2) is 29.3 Å². The first-order chi connectivity index (χ1) is 12.6. The number of hydrogen-bond acceptors (Lipinski definition) is 4. The molecule has 150 valence electrons. The minimum Gasteiger partial charge on any atom is -0.382 e. The van der Waals surface area contributed by atoms with Crippen LogP contribution in [0.4, 0.5) is 4.39 Å². The van der Waals surface area contributed by atoms with E-state index in [1.807, 2.05) is 25.5 Å². The van der Waals surface area contributed by atoms with Gasteiger partial charge in [-0.1, -0.05) is 12.1 Å². The number of ether oxygens (including phenoxy) is 1. The van der Waals surface area contributed by atoms with Gasteiger partial charge in [0.2, 0.25) is 0 Å². The smallest absolute Gasteiger partial charge is 0.191 e. The third kappa shape index (κ3) is 8.21. The van der Waals surface area contributed by atoms with Gasteiger partial charge in [-0.15, -0.1) is 34.2 Å². The molecule has 0 aliphatic rings. The number of aliphatic imine (C=N–C) groups is 1. The summed E-state index contributed by atoms with van der Waals surface area (Å²) in [6.45, 7) is 7.02. The van der Waals surface area contributed by atoms with Crippen LogP contribution in [-0.2, 0) is 24.9 Å². The summed E-state index contributed by atoms with van der Waals surface area (Å²) < 4.78 is 20.3. The molecule has 1 aromatic heterocycles. The molecule has 0 aliphatic carbocycles. The van der Waals surface area contributed by atoms with E-state index < -0.39 is 0 Å². The summed E-state index contributed by atoms with van der Waals surface area (Å²) in [4.78, 5) is 4.57. The Hall–Kier alpha value is -1.75. The minimum absolute atomic E-state index is 0. The molecular formula is C18H28FIN6O. The van der Waals surface area contributed by atoms with Crippen LogP contribution in [0.3, 0.4) is 0 Å². The minimum atomic E-state index is -0.247. The third-order valence-electron chi connectivity index (χ3n) is 3.89. The SMILES string of the molecule is CCOCCCNC(=NCc1ccc(F)cc1)NCc1nnc(C)n1C.I. The number of rotatable bonds is 9. The van der Waals surface area contributed by atoms with Gasteiger partial charge in [0.15, 0.2) is 11.8 Å². The summed E-state index contributed by atoms with van der Waals surface area (Å²) in [6, 6.07) is 6.35. The molecule has 0 atom stereocenters. The van der Waals surface area contributed by atoms with Gasteiger partial charge in [-0.2, -0.15) is 0 Å². The first-order valence-electron chi connectivity index (χ1n) is 8.79. The van der Waals surface area contributed by atoms with Crippen LogP contribution in [0.5, 0.6) is 0 Å². The van der Waals surface area contributed by atoms with Gasteiger partial charge in [0, 0.05) is 26.8 Å². The summed E-state index contributed by atoms with van der Waals surface area (Å²) in [5.41, 5.74) is 0.941. The average Bonchev–Trinajstić information content (AvgIpc) is 2.96. The molecule has 27 heavy (non-hydrogen) atoms. The van der Waals surface area contributed by atoms with Crippen molar-refractivity contribution in [3.05, 3.63) is 47.3 Å². The van der Waals surface area contributed by atoms with Crippen molar-refractivity contribution in [1.82, 2.24) is 25.4 Å². The van der Waals surface area contributed by atoms with Gasteiger partial charge in [-0.25, -0.2) is 9.38 Å². The van der Waals surface area contributed by atoms with Gasteiger partial charge < -0.3 is 19.9 Å². The number of halogens is 2. The normalized spacial score (nSPS) is 11.2. The average molecular weight is 490 g/mol. The Bertz CT molecular complexity index is 704. The van der Waals surface area contributed by atoms with Crippen LogP contribution in [0.1, 0.15) is 30.6 Å². The number of hydrogen-bond donors (Lipinski definition) is 2. The molecule has 0 bridgehead atoms.